The Morgan fingerprint density at radius 1 is 1.39 bits per heavy atom. The molecule has 0 saturated heterocycles. The molecule has 0 amide bonds. The molecule has 0 N–H and O–H groups in total. The van der Waals surface area contributed by atoms with Gasteiger partial charge in [0.2, 0.25) is 0 Å². The summed E-state index contributed by atoms with van der Waals surface area (Å²) < 4.78 is 40.0. The van der Waals surface area contributed by atoms with Crippen LogP contribution >= 0.6 is 15.9 Å². The van der Waals surface area contributed by atoms with Crippen LogP contribution in [0.1, 0.15) is 24.0 Å². The molecular weight excluding hydrogens is 313 g/mol. The van der Waals surface area contributed by atoms with Crippen molar-refractivity contribution in [2.45, 2.75) is 31.3 Å². The van der Waals surface area contributed by atoms with Gasteiger partial charge in [-0.05, 0) is 6.42 Å². The van der Waals surface area contributed by atoms with Gasteiger partial charge in [0.25, 0.3) is 0 Å². The number of hydrogen-bond donors (Lipinski definition) is 0. The van der Waals surface area contributed by atoms with E-state index in [9.17, 15) is 13.2 Å². The molecule has 0 aromatic carbocycles. The summed E-state index contributed by atoms with van der Waals surface area (Å²) in [5.41, 5.74) is 1.91. The Morgan fingerprint density at radius 3 is 2.67 bits per heavy atom. The van der Waals surface area contributed by atoms with Crippen molar-refractivity contribution in [3.05, 3.63) is 23.3 Å². The van der Waals surface area contributed by atoms with Gasteiger partial charge >= 0.3 is 6.18 Å². The smallest absolute Gasteiger partial charge is 0.372 e. The molecule has 0 aliphatic heterocycles. The van der Waals surface area contributed by atoms with Crippen molar-refractivity contribution in [2.75, 3.05) is 13.2 Å². The fourth-order valence-corrected chi connectivity index (χ4v) is 1.84. The van der Waals surface area contributed by atoms with Crippen LogP contribution in [0.3, 0.4) is 0 Å². The van der Waals surface area contributed by atoms with Gasteiger partial charge in [-0.2, -0.15) is 13.2 Å². The third-order valence-electron chi connectivity index (χ3n) is 2.22. The first-order valence-corrected chi connectivity index (χ1v) is 6.62. The van der Waals surface area contributed by atoms with Crippen LogP contribution in [0.5, 0.6) is 0 Å². The Kier molecular flexibility index (Phi) is 6.01. The summed E-state index contributed by atoms with van der Waals surface area (Å²) in [4.78, 5) is 8.38. The fraction of sp³-hybridized carbons (Fsp3) is 0.636. The minimum Gasteiger partial charge on any atom is -0.372 e. The first-order valence-electron chi connectivity index (χ1n) is 5.50. The molecule has 0 aliphatic rings. The predicted molar refractivity (Wildman–Crippen MR) is 64.6 cm³/mol. The largest absolute Gasteiger partial charge is 0.411 e. The lowest BCUT2D eigenvalue weighted by molar-refractivity contribution is -0.173. The van der Waals surface area contributed by atoms with Crippen LogP contribution in [0.15, 0.2) is 6.20 Å². The van der Waals surface area contributed by atoms with Gasteiger partial charge in [-0.25, -0.2) is 9.97 Å². The van der Waals surface area contributed by atoms with Crippen LogP contribution in [-0.2, 0) is 22.9 Å². The molecule has 1 heterocycles. The van der Waals surface area contributed by atoms with E-state index in [1.165, 1.54) is 0 Å². The molecule has 0 atom stereocenters. The Balaban J connectivity index is 2.48. The zero-order valence-electron chi connectivity index (χ0n) is 9.93. The van der Waals surface area contributed by atoms with Crippen LogP contribution in [0, 0.1) is 0 Å². The highest BCUT2D eigenvalue weighted by atomic mass is 79.9. The van der Waals surface area contributed by atoms with Gasteiger partial charge in [-0.15, -0.1) is 0 Å². The van der Waals surface area contributed by atoms with Crippen molar-refractivity contribution >= 4 is 15.9 Å². The summed E-state index contributed by atoms with van der Waals surface area (Å²) >= 11 is 3.33. The van der Waals surface area contributed by atoms with Crippen molar-refractivity contribution in [1.82, 2.24) is 9.97 Å². The maximum Gasteiger partial charge on any atom is 0.411 e. The third kappa shape index (κ3) is 5.30. The summed E-state index contributed by atoms with van der Waals surface area (Å²) in [6, 6.07) is 0. The zero-order chi connectivity index (χ0) is 13.6. The average Bonchev–Trinajstić information content (AvgIpc) is 2.33. The zero-order valence-corrected chi connectivity index (χ0v) is 11.5. The molecule has 0 fully saturated rings. The number of rotatable bonds is 6. The molecule has 1 rings (SSSR count). The summed E-state index contributed by atoms with van der Waals surface area (Å²) in [6.45, 7) is 0.710. The predicted octanol–water partition coefficient (Wildman–Crippen LogP) is 3.06. The van der Waals surface area contributed by atoms with Crippen LogP contribution in [0.4, 0.5) is 13.2 Å². The van der Waals surface area contributed by atoms with Gasteiger partial charge < -0.3 is 4.74 Å². The van der Waals surface area contributed by atoms with Crippen LogP contribution in [0.2, 0.25) is 0 Å². The Bertz CT molecular complexity index is 385. The molecule has 1 aromatic rings. The number of nitrogens with zero attached hydrogens (tertiary/aromatic N) is 2. The number of alkyl halides is 4. The lowest BCUT2D eigenvalue weighted by Gasteiger charge is -2.08. The highest BCUT2D eigenvalue weighted by Crippen LogP contribution is 2.14. The summed E-state index contributed by atoms with van der Waals surface area (Å²) in [6.07, 6.45) is -1.54. The average molecular weight is 327 g/mol. The van der Waals surface area contributed by atoms with Crippen molar-refractivity contribution in [3.8, 4) is 0 Å². The van der Waals surface area contributed by atoms with E-state index < -0.39 is 12.8 Å². The Morgan fingerprint density at radius 2 is 2.11 bits per heavy atom. The lowest BCUT2D eigenvalue weighted by Crippen LogP contribution is -2.18. The van der Waals surface area contributed by atoms with E-state index in [1.807, 2.05) is 6.92 Å². The van der Waals surface area contributed by atoms with E-state index in [4.69, 9.17) is 0 Å². The van der Waals surface area contributed by atoms with E-state index in [0.29, 0.717) is 11.2 Å². The fourth-order valence-electron chi connectivity index (χ4n) is 1.37. The quantitative estimate of drug-likeness (QED) is 0.595. The van der Waals surface area contributed by atoms with Gasteiger partial charge in [0, 0.05) is 29.2 Å². The first kappa shape index (κ1) is 15.4. The van der Waals surface area contributed by atoms with E-state index >= 15 is 0 Å². The monoisotopic (exact) mass is 326 g/mol. The van der Waals surface area contributed by atoms with Gasteiger partial charge in [0.15, 0.2) is 0 Å². The van der Waals surface area contributed by atoms with Crippen molar-refractivity contribution in [2.24, 2.45) is 0 Å². The molecular formula is C11H14BrF3N2O. The molecule has 18 heavy (non-hydrogen) atoms. The highest BCUT2D eigenvalue weighted by Gasteiger charge is 2.27. The normalized spacial score (nSPS) is 11.8. The van der Waals surface area contributed by atoms with E-state index in [1.54, 1.807) is 6.20 Å². The maximum absolute atomic E-state index is 11.8. The maximum atomic E-state index is 11.8. The summed E-state index contributed by atoms with van der Waals surface area (Å²) in [5, 5.41) is 0.668. The molecule has 0 spiro atoms. The van der Waals surface area contributed by atoms with Crippen LogP contribution in [-0.4, -0.2) is 29.4 Å². The van der Waals surface area contributed by atoms with Gasteiger partial charge in [0.1, 0.15) is 12.4 Å². The minimum absolute atomic E-state index is 0.0314. The third-order valence-corrected chi connectivity index (χ3v) is 2.82. The van der Waals surface area contributed by atoms with Crippen molar-refractivity contribution in [3.63, 3.8) is 0 Å². The number of aryl methyl sites for hydroxylation is 1. The molecule has 1 aromatic heterocycles. The summed E-state index contributed by atoms with van der Waals surface area (Å²) in [7, 11) is 0. The molecule has 0 radical (unpaired) electrons. The van der Waals surface area contributed by atoms with Crippen LogP contribution in [0.25, 0.3) is 0 Å². The number of ether oxygens (including phenoxy) is 1. The number of halogens is 4. The van der Waals surface area contributed by atoms with Crippen LogP contribution < -0.4 is 0 Å². The lowest BCUT2D eigenvalue weighted by atomic mass is 10.2. The Hall–Kier alpha value is -0.690. The van der Waals surface area contributed by atoms with E-state index in [0.717, 1.165) is 17.7 Å². The second-order valence-electron chi connectivity index (χ2n) is 3.66. The van der Waals surface area contributed by atoms with Gasteiger partial charge in [-0.3, -0.25) is 0 Å². The molecule has 0 unspecified atom stereocenters. The number of aromatic nitrogens is 2. The minimum atomic E-state index is -4.28. The van der Waals surface area contributed by atoms with Gasteiger partial charge in [-0.1, -0.05) is 22.9 Å². The van der Waals surface area contributed by atoms with E-state index in [-0.39, 0.29) is 13.0 Å². The summed E-state index contributed by atoms with van der Waals surface area (Å²) in [5.74, 6) is 0.513. The second kappa shape index (κ2) is 7.04. The van der Waals surface area contributed by atoms with E-state index in [2.05, 4.69) is 30.6 Å². The topological polar surface area (TPSA) is 35.0 Å². The van der Waals surface area contributed by atoms with Gasteiger partial charge in [0.05, 0.1) is 6.61 Å². The standard InChI is InChI=1S/C11H14BrF3N2O/c1-2-9-8(5-12)6-16-10(17-9)3-4-18-7-11(13,14)15/h6H,2-5,7H2,1H3. The molecule has 0 bridgehead atoms. The molecule has 102 valence electrons. The second-order valence-corrected chi connectivity index (χ2v) is 4.22. The highest BCUT2D eigenvalue weighted by molar-refractivity contribution is 9.08. The molecule has 7 heteroatoms. The Labute approximate surface area is 112 Å². The first-order chi connectivity index (χ1) is 8.46. The molecule has 0 saturated carbocycles. The van der Waals surface area contributed by atoms with Crippen molar-refractivity contribution < 1.29 is 17.9 Å². The number of hydrogen-bond acceptors (Lipinski definition) is 3. The molecule has 0 aliphatic carbocycles. The molecule has 3 nitrogen and oxygen atoms in total. The SMILES string of the molecule is CCc1nc(CCOCC(F)(F)F)ncc1CBr. The van der Waals surface area contributed by atoms with Crippen molar-refractivity contribution in [1.29, 1.82) is 0 Å².